The maximum Gasteiger partial charge on any atom is 0.184 e. The van der Waals surface area contributed by atoms with Crippen molar-refractivity contribution >= 4 is 5.78 Å². The molecular formula is C8H10N2O. The molecule has 1 aliphatic heterocycles. The van der Waals surface area contributed by atoms with Crippen molar-refractivity contribution in [1.29, 1.82) is 0 Å². The Balaban J connectivity index is 2.10. The van der Waals surface area contributed by atoms with Gasteiger partial charge in [-0.25, -0.2) is 0 Å². The first-order chi connectivity index (χ1) is 5.38. The van der Waals surface area contributed by atoms with E-state index in [9.17, 15) is 4.79 Å². The number of carbonyl (C=O) groups is 1. The van der Waals surface area contributed by atoms with Crippen molar-refractivity contribution in [3.05, 3.63) is 24.0 Å². The Kier molecular flexibility index (Phi) is 1.51. The third-order valence-corrected chi connectivity index (χ3v) is 2.02. The fourth-order valence-electron chi connectivity index (χ4n) is 1.18. The molecule has 0 spiro atoms. The molecule has 1 aromatic heterocycles. The number of H-pyrrole nitrogens is 1. The smallest absolute Gasteiger partial charge is 0.184 e. The summed E-state index contributed by atoms with van der Waals surface area (Å²) in [5.74, 6) is 0.433. The first-order valence-electron chi connectivity index (χ1n) is 3.76. The van der Waals surface area contributed by atoms with E-state index in [4.69, 9.17) is 0 Å². The average Bonchev–Trinajstić information content (AvgIpc) is 2.32. The van der Waals surface area contributed by atoms with Crippen molar-refractivity contribution in [3.8, 4) is 0 Å². The van der Waals surface area contributed by atoms with Gasteiger partial charge in [-0.1, -0.05) is 0 Å². The molecule has 1 aliphatic rings. The maximum atomic E-state index is 11.4. The summed E-state index contributed by atoms with van der Waals surface area (Å²) >= 11 is 0. The second kappa shape index (κ2) is 2.51. The lowest BCUT2D eigenvalue weighted by atomic mass is 9.96. The molecule has 2 N–H and O–H groups in total. The van der Waals surface area contributed by atoms with Gasteiger partial charge < -0.3 is 10.3 Å². The molecule has 0 atom stereocenters. The second-order valence-electron chi connectivity index (χ2n) is 2.80. The lowest BCUT2D eigenvalue weighted by Gasteiger charge is -2.24. The van der Waals surface area contributed by atoms with Crippen LogP contribution in [0.15, 0.2) is 18.3 Å². The summed E-state index contributed by atoms with van der Waals surface area (Å²) < 4.78 is 0. The Morgan fingerprint density at radius 2 is 2.36 bits per heavy atom. The Morgan fingerprint density at radius 3 is 2.82 bits per heavy atom. The molecule has 0 bridgehead atoms. The zero-order chi connectivity index (χ0) is 7.68. The average molecular weight is 150 g/mol. The molecule has 0 aromatic carbocycles. The summed E-state index contributed by atoms with van der Waals surface area (Å²) in [4.78, 5) is 14.3. The summed E-state index contributed by atoms with van der Waals surface area (Å²) in [7, 11) is 0. The highest BCUT2D eigenvalue weighted by Gasteiger charge is 2.25. The molecule has 0 radical (unpaired) electrons. The zero-order valence-corrected chi connectivity index (χ0v) is 6.13. The van der Waals surface area contributed by atoms with Crippen LogP contribution in [0.5, 0.6) is 0 Å². The molecule has 2 rings (SSSR count). The van der Waals surface area contributed by atoms with E-state index < -0.39 is 0 Å². The number of hydrogen-bond acceptors (Lipinski definition) is 2. The number of carbonyl (C=O) groups excluding carboxylic acids is 1. The van der Waals surface area contributed by atoms with Crippen LogP contribution in [-0.4, -0.2) is 23.9 Å². The Bertz CT molecular complexity index is 249. The quantitative estimate of drug-likeness (QED) is 0.600. The van der Waals surface area contributed by atoms with Crippen LogP contribution in [-0.2, 0) is 0 Å². The van der Waals surface area contributed by atoms with Crippen molar-refractivity contribution < 1.29 is 4.79 Å². The third-order valence-electron chi connectivity index (χ3n) is 2.02. The van der Waals surface area contributed by atoms with Gasteiger partial charge >= 0.3 is 0 Å². The normalized spacial score (nSPS) is 17.8. The first kappa shape index (κ1) is 6.61. The van der Waals surface area contributed by atoms with E-state index in [0.717, 1.165) is 18.8 Å². The van der Waals surface area contributed by atoms with Gasteiger partial charge in [-0.05, 0) is 12.1 Å². The topological polar surface area (TPSA) is 44.9 Å². The number of nitrogens with one attached hydrogen (secondary N) is 2. The minimum Gasteiger partial charge on any atom is -0.359 e. The van der Waals surface area contributed by atoms with Crippen molar-refractivity contribution in [2.24, 2.45) is 5.92 Å². The summed E-state index contributed by atoms with van der Waals surface area (Å²) in [6.45, 7) is 1.66. The highest BCUT2D eigenvalue weighted by molar-refractivity contribution is 5.97. The molecule has 3 heteroatoms. The number of aromatic nitrogens is 1. The minimum absolute atomic E-state index is 0.202. The first-order valence-corrected chi connectivity index (χ1v) is 3.76. The number of Topliss-reactive ketones (excluding diaryl/α,β-unsaturated/α-hetero) is 1. The largest absolute Gasteiger partial charge is 0.359 e. The SMILES string of the molecule is O=C(c1ccc[nH]1)C1CNC1. The van der Waals surface area contributed by atoms with Gasteiger partial charge in [0.2, 0.25) is 0 Å². The van der Waals surface area contributed by atoms with Gasteiger partial charge in [-0.2, -0.15) is 0 Å². The molecule has 0 saturated carbocycles. The van der Waals surface area contributed by atoms with E-state index >= 15 is 0 Å². The summed E-state index contributed by atoms with van der Waals surface area (Å²) in [6, 6.07) is 3.67. The molecule has 2 heterocycles. The molecule has 0 aliphatic carbocycles. The van der Waals surface area contributed by atoms with E-state index in [2.05, 4.69) is 10.3 Å². The summed E-state index contributed by atoms with van der Waals surface area (Å²) in [5, 5.41) is 3.07. The fraction of sp³-hybridized carbons (Fsp3) is 0.375. The van der Waals surface area contributed by atoms with Gasteiger partial charge in [0.25, 0.3) is 0 Å². The van der Waals surface area contributed by atoms with Crippen molar-refractivity contribution in [2.75, 3.05) is 13.1 Å². The van der Waals surface area contributed by atoms with Gasteiger partial charge in [0.15, 0.2) is 5.78 Å². The lowest BCUT2D eigenvalue weighted by molar-refractivity contribution is 0.0873. The molecule has 1 fully saturated rings. The molecular weight excluding hydrogens is 140 g/mol. The van der Waals surface area contributed by atoms with Crippen molar-refractivity contribution in [3.63, 3.8) is 0 Å². The lowest BCUT2D eigenvalue weighted by Crippen LogP contribution is -2.46. The zero-order valence-electron chi connectivity index (χ0n) is 6.13. The van der Waals surface area contributed by atoms with E-state index in [-0.39, 0.29) is 11.7 Å². The van der Waals surface area contributed by atoms with Gasteiger partial charge in [0.1, 0.15) is 0 Å². The van der Waals surface area contributed by atoms with E-state index in [0.29, 0.717) is 0 Å². The van der Waals surface area contributed by atoms with E-state index in [1.807, 2.05) is 12.1 Å². The summed E-state index contributed by atoms with van der Waals surface area (Å²) in [5.41, 5.74) is 0.733. The van der Waals surface area contributed by atoms with Crippen LogP contribution in [0.2, 0.25) is 0 Å². The van der Waals surface area contributed by atoms with E-state index in [1.165, 1.54) is 0 Å². The molecule has 0 unspecified atom stereocenters. The number of ketones is 1. The molecule has 58 valence electrons. The van der Waals surface area contributed by atoms with E-state index in [1.54, 1.807) is 6.20 Å². The Labute approximate surface area is 64.8 Å². The number of rotatable bonds is 2. The Morgan fingerprint density at radius 1 is 1.55 bits per heavy atom. The van der Waals surface area contributed by atoms with Crippen molar-refractivity contribution in [1.82, 2.24) is 10.3 Å². The van der Waals surface area contributed by atoms with Crippen LogP contribution in [0.3, 0.4) is 0 Å². The predicted molar refractivity (Wildman–Crippen MR) is 41.5 cm³/mol. The molecule has 11 heavy (non-hydrogen) atoms. The van der Waals surface area contributed by atoms with Gasteiger partial charge in [-0.15, -0.1) is 0 Å². The van der Waals surface area contributed by atoms with Crippen molar-refractivity contribution in [2.45, 2.75) is 0 Å². The highest BCUT2D eigenvalue weighted by atomic mass is 16.1. The van der Waals surface area contributed by atoms with Gasteiger partial charge in [-0.3, -0.25) is 4.79 Å². The number of hydrogen-bond donors (Lipinski definition) is 2. The molecule has 3 nitrogen and oxygen atoms in total. The maximum absolute atomic E-state index is 11.4. The third kappa shape index (κ3) is 1.07. The predicted octanol–water partition coefficient (Wildman–Crippen LogP) is 0.417. The fourth-order valence-corrected chi connectivity index (χ4v) is 1.18. The van der Waals surface area contributed by atoms with Crippen LogP contribution >= 0.6 is 0 Å². The molecule has 0 amide bonds. The molecule has 1 aromatic rings. The monoisotopic (exact) mass is 150 g/mol. The standard InChI is InChI=1S/C8H10N2O/c11-8(6-4-9-5-6)7-2-1-3-10-7/h1-3,6,9-10H,4-5H2. The molecule has 1 saturated heterocycles. The highest BCUT2D eigenvalue weighted by Crippen LogP contribution is 2.10. The second-order valence-corrected chi connectivity index (χ2v) is 2.80. The van der Waals surface area contributed by atoms with Gasteiger partial charge in [0, 0.05) is 25.2 Å². The van der Waals surface area contributed by atoms with Gasteiger partial charge in [0.05, 0.1) is 5.69 Å². The number of aromatic amines is 1. The minimum atomic E-state index is 0.202. The van der Waals surface area contributed by atoms with Crippen LogP contribution in [0.25, 0.3) is 0 Å². The van der Waals surface area contributed by atoms with Crippen LogP contribution in [0.4, 0.5) is 0 Å². The van der Waals surface area contributed by atoms with Crippen LogP contribution in [0.1, 0.15) is 10.5 Å². The Hall–Kier alpha value is -1.09. The van der Waals surface area contributed by atoms with Crippen LogP contribution < -0.4 is 5.32 Å². The van der Waals surface area contributed by atoms with Crippen LogP contribution in [0, 0.1) is 5.92 Å². The summed E-state index contributed by atoms with van der Waals surface area (Å²) in [6.07, 6.45) is 1.78.